The van der Waals surface area contributed by atoms with Crippen molar-refractivity contribution in [1.29, 1.82) is 0 Å². The summed E-state index contributed by atoms with van der Waals surface area (Å²) in [6.07, 6.45) is 5.26. The fraction of sp³-hybridized carbons (Fsp3) is 1.00. The van der Waals surface area contributed by atoms with E-state index in [9.17, 15) is 0 Å². The summed E-state index contributed by atoms with van der Waals surface area (Å²) in [6.45, 7) is 5.53. The second-order valence-electron chi connectivity index (χ2n) is 4.63. The molecule has 0 spiro atoms. The van der Waals surface area contributed by atoms with Gasteiger partial charge in [-0.3, -0.25) is 0 Å². The summed E-state index contributed by atoms with van der Waals surface area (Å²) in [5.41, 5.74) is 5.53. The van der Waals surface area contributed by atoms with Crippen molar-refractivity contribution >= 4 is 0 Å². The molecule has 1 rings (SSSR count). The first-order chi connectivity index (χ1) is 6.15. The zero-order valence-corrected chi connectivity index (χ0v) is 9.29. The molecule has 0 amide bonds. The molecule has 1 saturated heterocycles. The highest BCUT2D eigenvalue weighted by Gasteiger charge is 2.27. The van der Waals surface area contributed by atoms with Crippen molar-refractivity contribution in [3.63, 3.8) is 0 Å². The lowest BCUT2D eigenvalue weighted by Gasteiger charge is -2.40. The lowest BCUT2D eigenvalue weighted by molar-refractivity contribution is 0.0938. The van der Waals surface area contributed by atoms with Crippen molar-refractivity contribution in [3.8, 4) is 0 Å². The largest absolute Gasteiger partial charge is 0.330 e. The van der Waals surface area contributed by atoms with E-state index in [-0.39, 0.29) is 0 Å². The summed E-state index contributed by atoms with van der Waals surface area (Å²) in [6, 6.07) is 1.51. The van der Waals surface area contributed by atoms with Crippen molar-refractivity contribution in [2.45, 2.75) is 51.6 Å². The summed E-state index contributed by atoms with van der Waals surface area (Å²) in [4.78, 5) is 2.50. The van der Waals surface area contributed by atoms with E-state index in [2.05, 4.69) is 25.8 Å². The van der Waals surface area contributed by atoms with E-state index < -0.39 is 0 Å². The molecule has 0 saturated carbocycles. The third-order valence-corrected chi connectivity index (χ3v) is 3.56. The fourth-order valence-electron chi connectivity index (χ4n) is 2.47. The molecular formula is C11H24N2. The second kappa shape index (κ2) is 4.97. The lowest BCUT2D eigenvalue weighted by atomic mass is 9.84. The first-order valence-corrected chi connectivity index (χ1v) is 5.57. The molecule has 1 fully saturated rings. The first kappa shape index (κ1) is 11.0. The number of rotatable bonds is 3. The number of hydrogen-bond donors (Lipinski definition) is 1. The molecule has 78 valence electrons. The van der Waals surface area contributed by atoms with Gasteiger partial charge in [-0.1, -0.05) is 0 Å². The molecular weight excluding hydrogens is 160 g/mol. The molecule has 0 radical (unpaired) electrons. The Balaban J connectivity index is 2.35. The predicted octanol–water partition coefficient (Wildman–Crippen LogP) is 1.84. The molecule has 1 heterocycles. The van der Waals surface area contributed by atoms with Crippen LogP contribution in [0, 0.1) is 5.92 Å². The average Bonchev–Trinajstić information content (AvgIpc) is 2.10. The van der Waals surface area contributed by atoms with Crippen LogP contribution in [0.3, 0.4) is 0 Å². The van der Waals surface area contributed by atoms with E-state index in [0.29, 0.717) is 0 Å². The zero-order valence-electron chi connectivity index (χ0n) is 9.29. The highest BCUT2D eigenvalue weighted by atomic mass is 15.2. The van der Waals surface area contributed by atoms with Crippen LogP contribution in [-0.4, -0.2) is 30.6 Å². The van der Waals surface area contributed by atoms with Crippen molar-refractivity contribution in [2.24, 2.45) is 11.7 Å². The van der Waals surface area contributed by atoms with Gasteiger partial charge in [-0.05, 0) is 59.0 Å². The Morgan fingerprint density at radius 1 is 1.23 bits per heavy atom. The maximum Gasteiger partial charge on any atom is 0.00693 e. The van der Waals surface area contributed by atoms with Gasteiger partial charge in [0, 0.05) is 12.1 Å². The number of likely N-dealkylation sites (tertiary alicyclic amines) is 1. The first-order valence-electron chi connectivity index (χ1n) is 5.57. The molecule has 0 aromatic rings. The third-order valence-electron chi connectivity index (χ3n) is 3.56. The van der Waals surface area contributed by atoms with Gasteiger partial charge in [0.25, 0.3) is 0 Å². The quantitative estimate of drug-likeness (QED) is 0.725. The Morgan fingerprint density at radius 2 is 1.77 bits per heavy atom. The van der Waals surface area contributed by atoms with Crippen LogP contribution < -0.4 is 5.73 Å². The van der Waals surface area contributed by atoms with E-state index >= 15 is 0 Å². The normalized spacial score (nSPS) is 36.5. The van der Waals surface area contributed by atoms with Crippen LogP contribution >= 0.6 is 0 Å². The maximum atomic E-state index is 5.53. The minimum absolute atomic E-state index is 0.756. The van der Waals surface area contributed by atoms with Crippen LogP contribution in [0.15, 0.2) is 0 Å². The van der Waals surface area contributed by atoms with Crippen LogP contribution in [0.2, 0.25) is 0 Å². The van der Waals surface area contributed by atoms with Crippen LogP contribution in [0.25, 0.3) is 0 Å². The van der Waals surface area contributed by atoms with E-state index in [1.807, 2.05) is 0 Å². The average molecular weight is 184 g/mol. The topological polar surface area (TPSA) is 29.3 Å². The highest BCUT2D eigenvalue weighted by molar-refractivity contribution is 4.82. The molecule has 2 heteroatoms. The molecule has 2 N–H and O–H groups in total. The fourth-order valence-corrected chi connectivity index (χ4v) is 2.47. The van der Waals surface area contributed by atoms with E-state index in [0.717, 1.165) is 24.5 Å². The van der Waals surface area contributed by atoms with E-state index in [4.69, 9.17) is 5.73 Å². The smallest absolute Gasteiger partial charge is 0.00693 e. The molecule has 2 unspecified atom stereocenters. The van der Waals surface area contributed by atoms with Gasteiger partial charge in [-0.2, -0.15) is 0 Å². The molecule has 0 aliphatic carbocycles. The summed E-state index contributed by atoms with van der Waals surface area (Å²) in [5, 5.41) is 0. The Hall–Kier alpha value is -0.0800. The lowest BCUT2D eigenvalue weighted by Crippen LogP contribution is -2.43. The van der Waals surface area contributed by atoms with Gasteiger partial charge in [0.05, 0.1) is 0 Å². The van der Waals surface area contributed by atoms with Gasteiger partial charge < -0.3 is 10.6 Å². The number of nitrogens with zero attached hydrogens (tertiary/aromatic N) is 1. The molecule has 13 heavy (non-hydrogen) atoms. The molecule has 2 atom stereocenters. The van der Waals surface area contributed by atoms with Gasteiger partial charge in [0.1, 0.15) is 0 Å². The van der Waals surface area contributed by atoms with Crippen molar-refractivity contribution in [2.75, 3.05) is 13.6 Å². The summed E-state index contributed by atoms with van der Waals surface area (Å²) in [7, 11) is 2.24. The van der Waals surface area contributed by atoms with E-state index in [1.165, 1.54) is 25.7 Å². The molecule has 2 nitrogen and oxygen atoms in total. The van der Waals surface area contributed by atoms with Crippen molar-refractivity contribution < 1.29 is 0 Å². The van der Waals surface area contributed by atoms with Gasteiger partial charge in [-0.15, -0.1) is 0 Å². The van der Waals surface area contributed by atoms with Crippen LogP contribution in [-0.2, 0) is 0 Å². The Bertz CT molecular complexity index is 135. The van der Waals surface area contributed by atoms with Gasteiger partial charge in [-0.25, -0.2) is 0 Å². The Labute approximate surface area is 82.5 Å². The van der Waals surface area contributed by atoms with Gasteiger partial charge in [0.15, 0.2) is 0 Å². The number of hydrogen-bond acceptors (Lipinski definition) is 2. The highest BCUT2D eigenvalue weighted by Crippen LogP contribution is 2.29. The van der Waals surface area contributed by atoms with Gasteiger partial charge >= 0.3 is 0 Å². The zero-order chi connectivity index (χ0) is 9.84. The van der Waals surface area contributed by atoms with Crippen LogP contribution in [0.5, 0.6) is 0 Å². The number of nitrogens with two attached hydrogens (primary N) is 1. The third kappa shape index (κ3) is 2.96. The molecule has 1 aliphatic rings. The van der Waals surface area contributed by atoms with Crippen LogP contribution in [0.4, 0.5) is 0 Å². The molecule has 0 aromatic carbocycles. The minimum Gasteiger partial charge on any atom is -0.330 e. The monoisotopic (exact) mass is 184 g/mol. The Morgan fingerprint density at radius 3 is 2.23 bits per heavy atom. The van der Waals surface area contributed by atoms with Crippen molar-refractivity contribution in [3.05, 3.63) is 0 Å². The maximum absolute atomic E-state index is 5.53. The minimum atomic E-state index is 0.756. The van der Waals surface area contributed by atoms with Gasteiger partial charge in [0.2, 0.25) is 0 Å². The predicted molar refractivity (Wildman–Crippen MR) is 57.7 cm³/mol. The van der Waals surface area contributed by atoms with E-state index in [1.54, 1.807) is 0 Å². The SMILES string of the molecule is CC1CC(CCCN)CC(C)N1C. The summed E-state index contributed by atoms with van der Waals surface area (Å²) >= 11 is 0. The van der Waals surface area contributed by atoms with Crippen molar-refractivity contribution in [1.82, 2.24) is 4.90 Å². The summed E-state index contributed by atoms with van der Waals surface area (Å²) < 4.78 is 0. The second-order valence-corrected chi connectivity index (χ2v) is 4.63. The molecule has 0 bridgehead atoms. The standard InChI is InChI=1S/C11H24N2/c1-9-7-11(5-4-6-12)8-10(2)13(9)3/h9-11H,4-8,12H2,1-3H3. The molecule has 0 aromatic heterocycles. The summed E-state index contributed by atoms with van der Waals surface area (Å²) in [5.74, 6) is 0.921. The Kier molecular flexibility index (Phi) is 4.20. The molecule has 1 aliphatic heterocycles. The number of piperidine rings is 1. The van der Waals surface area contributed by atoms with Crippen LogP contribution in [0.1, 0.15) is 39.5 Å².